The highest BCUT2D eigenvalue weighted by Gasteiger charge is 2.25. The van der Waals surface area contributed by atoms with Crippen LogP contribution in [0.3, 0.4) is 0 Å². The summed E-state index contributed by atoms with van der Waals surface area (Å²) in [6, 6.07) is 22.2. The van der Waals surface area contributed by atoms with Crippen molar-refractivity contribution in [1.82, 2.24) is 19.6 Å². The van der Waals surface area contributed by atoms with Crippen LogP contribution >= 0.6 is 11.6 Å². The number of benzene rings is 3. The maximum Gasteiger partial charge on any atom is 0.281 e. The van der Waals surface area contributed by atoms with Crippen LogP contribution in [-0.4, -0.2) is 73.2 Å². The van der Waals surface area contributed by atoms with E-state index in [1.807, 2.05) is 62.4 Å². The standard InChI is InChI=1S/C40H45ClN6O6S/c1-25-21-29(22-26(2)36(25)41)53-19-10-15-31-30-13-8-14-32(35(27(3)43-4)33(42)24-48)37(30)45-38(31)40(50)46-54(51,52)20-17-44-39(49)34-16-9-18-47(34)23-28-11-6-5-7-12-28/h5-9,11-14,16,18,21-22,45,48H,10,15,17,19-20,23-24,42H2,1-4H3,(H,44,49)(H,46,50)/b35-33-,43-27?. The molecule has 5 aromatic rings. The maximum atomic E-state index is 13.8. The number of aromatic nitrogens is 2. The van der Waals surface area contributed by atoms with E-state index < -0.39 is 34.2 Å². The molecule has 0 aliphatic rings. The SMILES string of the molecule is CN=C(C)/C(=C(/N)CO)c1cccc2c(CCCOc3cc(C)c(Cl)c(C)c3)c(C(=O)NS(=O)(=O)CCNC(=O)c3cccn3Cc3ccccc3)[nH]c12. The molecule has 2 heterocycles. The Hall–Kier alpha value is -5.37. The number of aliphatic hydroxyl groups excluding tert-OH is 1. The summed E-state index contributed by atoms with van der Waals surface area (Å²) in [5.41, 5.74) is 12.4. The lowest BCUT2D eigenvalue weighted by molar-refractivity contribution is 0.0946. The molecule has 0 atom stereocenters. The first-order chi connectivity index (χ1) is 25.8. The predicted molar refractivity (Wildman–Crippen MR) is 214 cm³/mol. The number of carbonyl (C=O) groups is 2. The van der Waals surface area contributed by atoms with Crippen LogP contribution in [0.1, 0.15) is 62.1 Å². The molecule has 3 aromatic carbocycles. The number of halogens is 1. The number of hydrogen-bond acceptors (Lipinski definition) is 8. The van der Waals surface area contributed by atoms with Crippen LogP contribution in [0.2, 0.25) is 5.02 Å². The van der Waals surface area contributed by atoms with Gasteiger partial charge in [-0.1, -0.05) is 60.1 Å². The predicted octanol–water partition coefficient (Wildman–Crippen LogP) is 5.54. The molecule has 0 spiro atoms. The van der Waals surface area contributed by atoms with E-state index in [0.29, 0.717) is 75.8 Å². The van der Waals surface area contributed by atoms with Gasteiger partial charge in [-0.2, -0.15) is 0 Å². The number of rotatable bonds is 16. The third-order valence-electron chi connectivity index (χ3n) is 9.04. The Morgan fingerprint density at radius 3 is 2.43 bits per heavy atom. The molecule has 14 heteroatoms. The van der Waals surface area contributed by atoms with E-state index in [9.17, 15) is 23.1 Å². The van der Waals surface area contributed by atoms with Crippen molar-refractivity contribution >= 4 is 55.6 Å². The molecule has 2 amide bonds. The summed E-state index contributed by atoms with van der Waals surface area (Å²) >= 11 is 6.32. The minimum absolute atomic E-state index is 0.0509. The Bertz CT molecular complexity index is 2310. The largest absolute Gasteiger partial charge is 0.494 e. The number of nitrogens with zero attached hydrogens (tertiary/aromatic N) is 2. The number of nitrogens with two attached hydrogens (primary N) is 1. The average molecular weight is 773 g/mol. The van der Waals surface area contributed by atoms with Gasteiger partial charge in [-0.3, -0.25) is 14.6 Å². The van der Waals surface area contributed by atoms with Crippen molar-refractivity contribution in [2.75, 3.05) is 32.6 Å². The molecular formula is C40H45ClN6O6S. The minimum Gasteiger partial charge on any atom is -0.494 e. The van der Waals surface area contributed by atoms with Gasteiger partial charge in [0.05, 0.1) is 24.5 Å². The normalized spacial score (nSPS) is 12.4. The molecular weight excluding hydrogens is 728 g/mol. The molecule has 0 saturated heterocycles. The van der Waals surface area contributed by atoms with E-state index >= 15 is 0 Å². The van der Waals surface area contributed by atoms with Gasteiger partial charge in [0.15, 0.2) is 0 Å². The summed E-state index contributed by atoms with van der Waals surface area (Å²) in [7, 11) is -2.59. The van der Waals surface area contributed by atoms with Gasteiger partial charge in [0.25, 0.3) is 11.8 Å². The van der Waals surface area contributed by atoms with Crippen LogP contribution in [0, 0.1) is 13.8 Å². The number of fused-ring (bicyclic) bond motifs is 1. The Morgan fingerprint density at radius 1 is 1.02 bits per heavy atom. The molecule has 284 valence electrons. The zero-order chi connectivity index (χ0) is 39.0. The number of carbonyl (C=O) groups excluding carboxylic acids is 2. The zero-order valence-corrected chi connectivity index (χ0v) is 32.3. The summed E-state index contributed by atoms with van der Waals surface area (Å²) in [6.07, 6.45) is 2.62. The second-order valence-corrected chi connectivity index (χ2v) is 15.1. The first-order valence-electron chi connectivity index (χ1n) is 17.4. The molecule has 0 saturated carbocycles. The van der Waals surface area contributed by atoms with Gasteiger partial charge < -0.3 is 30.4 Å². The van der Waals surface area contributed by atoms with Crippen LogP contribution in [0.5, 0.6) is 5.75 Å². The number of hydrogen-bond donors (Lipinski definition) is 5. The quantitative estimate of drug-likeness (QED) is 0.0645. The second kappa shape index (κ2) is 17.6. The molecule has 54 heavy (non-hydrogen) atoms. The number of ether oxygens (including phenoxy) is 1. The van der Waals surface area contributed by atoms with Crippen molar-refractivity contribution in [1.29, 1.82) is 0 Å². The van der Waals surface area contributed by atoms with Crippen LogP contribution < -0.4 is 20.5 Å². The lowest BCUT2D eigenvalue weighted by Gasteiger charge is -2.12. The van der Waals surface area contributed by atoms with E-state index in [-0.39, 0.29) is 17.9 Å². The molecule has 0 unspecified atom stereocenters. The van der Waals surface area contributed by atoms with Crippen molar-refractivity contribution in [3.05, 3.63) is 129 Å². The summed E-state index contributed by atoms with van der Waals surface area (Å²) in [6.45, 7) is 5.70. The van der Waals surface area contributed by atoms with E-state index in [4.69, 9.17) is 22.1 Å². The van der Waals surface area contributed by atoms with Crippen molar-refractivity contribution in [2.24, 2.45) is 10.7 Å². The van der Waals surface area contributed by atoms with Crippen molar-refractivity contribution in [2.45, 2.75) is 40.2 Å². The highest BCUT2D eigenvalue weighted by molar-refractivity contribution is 7.90. The Balaban J connectivity index is 1.35. The molecule has 0 fully saturated rings. The molecule has 2 aromatic heterocycles. The first kappa shape index (κ1) is 39.8. The highest BCUT2D eigenvalue weighted by Crippen LogP contribution is 2.32. The number of sulfonamides is 1. The number of aryl methyl sites for hydroxylation is 3. The second-order valence-electron chi connectivity index (χ2n) is 12.9. The topological polar surface area (TPSA) is 181 Å². The summed E-state index contributed by atoms with van der Waals surface area (Å²) in [4.78, 5) is 34.3. The molecule has 6 N–H and O–H groups in total. The average Bonchev–Trinajstić information content (AvgIpc) is 3.77. The van der Waals surface area contributed by atoms with Gasteiger partial charge in [-0.05, 0) is 80.1 Å². The van der Waals surface area contributed by atoms with E-state index in [1.165, 1.54) is 0 Å². The van der Waals surface area contributed by atoms with Crippen LogP contribution in [0.4, 0.5) is 0 Å². The van der Waals surface area contributed by atoms with Gasteiger partial charge >= 0.3 is 0 Å². The van der Waals surface area contributed by atoms with Gasteiger partial charge in [0.1, 0.15) is 17.1 Å². The van der Waals surface area contributed by atoms with E-state index in [2.05, 4.69) is 20.0 Å². The van der Waals surface area contributed by atoms with E-state index in [1.54, 1.807) is 49.0 Å². The smallest absolute Gasteiger partial charge is 0.281 e. The van der Waals surface area contributed by atoms with Crippen molar-refractivity contribution < 1.29 is 27.9 Å². The molecule has 12 nitrogen and oxygen atoms in total. The van der Waals surface area contributed by atoms with Crippen LogP contribution in [-0.2, 0) is 23.0 Å². The van der Waals surface area contributed by atoms with Gasteiger partial charge in [0, 0.05) is 59.3 Å². The number of nitrogens with one attached hydrogen (secondary N) is 3. The fourth-order valence-corrected chi connectivity index (χ4v) is 7.29. The van der Waals surface area contributed by atoms with Crippen LogP contribution in [0.15, 0.2) is 89.7 Å². The first-order valence-corrected chi connectivity index (χ1v) is 19.4. The van der Waals surface area contributed by atoms with Gasteiger partial charge in [-0.15, -0.1) is 0 Å². The number of H-pyrrole nitrogens is 1. The summed E-state index contributed by atoms with van der Waals surface area (Å²) < 4.78 is 36.5. The Kier molecular flexibility index (Phi) is 13.0. The fourth-order valence-electron chi connectivity index (χ4n) is 6.33. The van der Waals surface area contributed by atoms with Gasteiger partial charge in [0.2, 0.25) is 10.0 Å². The lowest BCUT2D eigenvalue weighted by Crippen LogP contribution is -2.38. The molecule has 0 aliphatic heterocycles. The number of allylic oxidation sites excluding steroid dienone is 1. The molecule has 0 radical (unpaired) electrons. The monoisotopic (exact) mass is 772 g/mol. The Labute approximate surface area is 320 Å². The Morgan fingerprint density at radius 2 is 1.74 bits per heavy atom. The highest BCUT2D eigenvalue weighted by atomic mass is 35.5. The number of amides is 2. The lowest BCUT2D eigenvalue weighted by atomic mass is 9.96. The fraction of sp³-hybridized carbons (Fsp3) is 0.275. The minimum atomic E-state index is -4.20. The summed E-state index contributed by atoms with van der Waals surface area (Å²) in [5.74, 6) is -1.17. The number of aliphatic imine (C=N–C) groups is 1. The molecule has 0 bridgehead atoms. The van der Waals surface area contributed by atoms with E-state index in [0.717, 1.165) is 16.7 Å². The molecule has 5 rings (SSSR count). The number of para-hydroxylation sites is 1. The van der Waals surface area contributed by atoms with Gasteiger partial charge in [-0.25, -0.2) is 13.1 Å². The third kappa shape index (κ3) is 9.40. The van der Waals surface area contributed by atoms with Crippen LogP contribution in [0.25, 0.3) is 16.5 Å². The van der Waals surface area contributed by atoms with Crippen molar-refractivity contribution in [3.63, 3.8) is 0 Å². The zero-order valence-electron chi connectivity index (χ0n) is 30.7. The third-order valence-corrected chi connectivity index (χ3v) is 10.9. The number of aliphatic hydroxyl groups is 1. The number of aromatic amines is 1. The summed E-state index contributed by atoms with van der Waals surface area (Å²) in [5, 5.41) is 14.0. The van der Waals surface area contributed by atoms with Crippen molar-refractivity contribution in [3.8, 4) is 5.75 Å². The molecule has 0 aliphatic carbocycles. The maximum absolute atomic E-state index is 13.8.